The second-order valence-corrected chi connectivity index (χ2v) is 8.55. The Kier molecular flexibility index (Phi) is 6.03. The molecule has 4 aromatic rings. The van der Waals surface area contributed by atoms with E-state index < -0.39 is 0 Å². The van der Waals surface area contributed by atoms with Gasteiger partial charge in [0.15, 0.2) is 11.5 Å². The Bertz CT molecular complexity index is 1350. The van der Waals surface area contributed by atoms with Gasteiger partial charge in [0.25, 0.3) is 5.89 Å². The van der Waals surface area contributed by atoms with Gasteiger partial charge in [-0.3, -0.25) is 4.79 Å². The van der Waals surface area contributed by atoms with Gasteiger partial charge in [-0.15, -0.1) is 11.8 Å². The molecule has 5 rings (SSSR count). The van der Waals surface area contributed by atoms with Crippen LogP contribution in [-0.2, 0) is 17.9 Å². The predicted molar refractivity (Wildman–Crippen MR) is 127 cm³/mol. The Hall–Kier alpha value is -3.70. The molecule has 0 unspecified atom stereocenters. The third-order valence-electron chi connectivity index (χ3n) is 5.12. The van der Waals surface area contributed by atoms with Crippen molar-refractivity contribution in [3.63, 3.8) is 0 Å². The molecule has 1 aliphatic heterocycles. The van der Waals surface area contributed by atoms with Crippen LogP contribution in [-0.4, -0.2) is 38.9 Å². The molecule has 0 spiro atoms. The van der Waals surface area contributed by atoms with Gasteiger partial charge < -0.3 is 25.0 Å². The number of nitrogens with one attached hydrogen (secondary N) is 1. The standard InChI is InChI=1S/C22H19ClN6O4S/c1-34-22-18(21-26-20(28-33-21)13-4-7-15-16(8-13)32-11-31-15)19(24)29(27-22)10-17(30)25-9-12-2-5-14(23)6-3-12/h2-8H,9-11,24H2,1H3,(H,25,30). The number of benzene rings is 2. The first-order valence-electron chi connectivity index (χ1n) is 10.2. The normalized spacial score (nSPS) is 12.2. The molecular formula is C22H19ClN6O4S. The van der Waals surface area contributed by atoms with Crippen molar-refractivity contribution in [2.24, 2.45) is 0 Å². The van der Waals surface area contributed by atoms with Crippen molar-refractivity contribution in [2.75, 3.05) is 18.8 Å². The zero-order valence-electron chi connectivity index (χ0n) is 17.9. The minimum Gasteiger partial charge on any atom is -0.454 e. The zero-order chi connectivity index (χ0) is 23.7. The fourth-order valence-electron chi connectivity index (χ4n) is 3.39. The summed E-state index contributed by atoms with van der Waals surface area (Å²) in [7, 11) is 0. The van der Waals surface area contributed by atoms with E-state index in [4.69, 9.17) is 31.3 Å². The second-order valence-electron chi connectivity index (χ2n) is 7.32. The summed E-state index contributed by atoms with van der Waals surface area (Å²) in [4.78, 5) is 17.0. The van der Waals surface area contributed by atoms with E-state index in [0.717, 1.165) is 5.56 Å². The fourth-order valence-corrected chi connectivity index (χ4v) is 4.09. The zero-order valence-corrected chi connectivity index (χ0v) is 19.5. The van der Waals surface area contributed by atoms with E-state index in [1.165, 1.54) is 16.4 Å². The van der Waals surface area contributed by atoms with E-state index in [1.807, 2.05) is 24.5 Å². The van der Waals surface area contributed by atoms with Crippen molar-refractivity contribution in [1.29, 1.82) is 0 Å². The molecule has 1 aliphatic rings. The number of amides is 1. The molecule has 2 aromatic carbocycles. The van der Waals surface area contributed by atoms with Gasteiger partial charge in [0.05, 0.1) is 0 Å². The molecule has 1 amide bonds. The summed E-state index contributed by atoms with van der Waals surface area (Å²) in [6.45, 7) is 0.481. The van der Waals surface area contributed by atoms with Gasteiger partial charge in [0.1, 0.15) is 23.0 Å². The maximum Gasteiger partial charge on any atom is 0.264 e. The monoisotopic (exact) mass is 498 g/mol. The molecule has 174 valence electrons. The molecule has 0 saturated heterocycles. The molecule has 0 aliphatic carbocycles. The van der Waals surface area contributed by atoms with Crippen LogP contribution in [0.1, 0.15) is 5.56 Å². The number of fused-ring (bicyclic) bond motifs is 1. The summed E-state index contributed by atoms with van der Waals surface area (Å²) in [6.07, 6.45) is 1.85. The first kappa shape index (κ1) is 22.1. The number of anilines is 1. The smallest absolute Gasteiger partial charge is 0.264 e. The molecule has 10 nitrogen and oxygen atoms in total. The van der Waals surface area contributed by atoms with E-state index in [-0.39, 0.29) is 31.0 Å². The van der Waals surface area contributed by atoms with Crippen LogP contribution in [0.25, 0.3) is 22.8 Å². The third kappa shape index (κ3) is 4.39. The minimum atomic E-state index is -0.241. The summed E-state index contributed by atoms with van der Waals surface area (Å²) in [6, 6.07) is 12.6. The van der Waals surface area contributed by atoms with Crippen LogP contribution in [0.4, 0.5) is 5.82 Å². The minimum absolute atomic E-state index is 0.0594. The van der Waals surface area contributed by atoms with Crippen molar-refractivity contribution in [1.82, 2.24) is 25.2 Å². The summed E-state index contributed by atoms with van der Waals surface area (Å²) in [5.74, 6) is 1.87. The molecule has 12 heteroatoms. The fraction of sp³-hybridized carbons (Fsp3) is 0.182. The summed E-state index contributed by atoms with van der Waals surface area (Å²) in [5, 5.41) is 12.6. The predicted octanol–water partition coefficient (Wildman–Crippen LogP) is 3.60. The van der Waals surface area contributed by atoms with E-state index in [1.54, 1.807) is 24.3 Å². The van der Waals surface area contributed by atoms with Crippen LogP contribution >= 0.6 is 23.4 Å². The van der Waals surface area contributed by atoms with E-state index >= 15 is 0 Å². The van der Waals surface area contributed by atoms with Gasteiger partial charge in [-0.2, -0.15) is 10.1 Å². The molecular weight excluding hydrogens is 480 g/mol. The molecule has 0 bridgehead atoms. The molecule has 3 heterocycles. The highest BCUT2D eigenvalue weighted by molar-refractivity contribution is 7.98. The quantitative estimate of drug-likeness (QED) is 0.367. The molecule has 3 N–H and O–H groups in total. The van der Waals surface area contributed by atoms with Gasteiger partial charge in [-0.1, -0.05) is 28.9 Å². The number of nitrogens with zero attached hydrogens (tertiary/aromatic N) is 4. The van der Waals surface area contributed by atoms with Gasteiger partial charge in [-0.05, 0) is 42.2 Å². The average Bonchev–Trinajstić information content (AvgIpc) is 3.57. The van der Waals surface area contributed by atoms with E-state index in [0.29, 0.717) is 45.0 Å². The summed E-state index contributed by atoms with van der Waals surface area (Å²) in [5.41, 5.74) is 8.45. The second kappa shape index (κ2) is 9.27. The van der Waals surface area contributed by atoms with Crippen molar-refractivity contribution >= 4 is 35.1 Å². The Balaban J connectivity index is 1.33. The van der Waals surface area contributed by atoms with Crippen molar-refractivity contribution in [3.8, 4) is 34.3 Å². The first-order chi connectivity index (χ1) is 16.5. The van der Waals surface area contributed by atoms with Crippen molar-refractivity contribution in [3.05, 3.63) is 53.1 Å². The van der Waals surface area contributed by atoms with E-state index in [9.17, 15) is 4.79 Å². The number of hydrogen-bond acceptors (Lipinski definition) is 9. The van der Waals surface area contributed by atoms with Crippen molar-refractivity contribution in [2.45, 2.75) is 18.1 Å². The molecule has 2 aromatic heterocycles. The molecule has 0 fully saturated rings. The number of halogens is 1. The van der Waals surface area contributed by atoms with Crippen LogP contribution < -0.4 is 20.5 Å². The number of nitrogen functional groups attached to an aromatic ring is 1. The number of aromatic nitrogens is 4. The lowest BCUT2D eigenvalue weighted by atomic mass is 10.2. The summed E-state index contributed by atoms with van der Waals surface area (Å²) < 4.78 is 17.7. The average molecular weight is 499 g/mol. The lowest BCUT2D eigenvalue weighted by Crippen LogP contribution is -2.28. The van der Waals surface area contributed by atoms with Gasteiger partial charge in [0, 0.05) is 17.1 Å². The topological polar surface area (TPSA) is 130 Å². The maximum absolute atomic E-state index is 12.5. The van der Waals surface area contributed by atoms with E-state index in [2.05, 4.69) is 20.6 Å². The van der Waals surface area contributed by atoms with Crippen LogP contribution in [0, 0.1) is 0 Å². The van der Waals surface area contributed by atoms with Gasteiger partial charge in [0.2, 0.25) is 18.5 Å². The highest BCUT2D eigenvalue weighted by Gasteiger charge is 2.24. The SMILES string of the molecule is CSc1nn(CC(=O)NCc2ccc(Cl)cc2)c(N)c1-c1nc(-c2ccc3c(c2)OCO3)no1. The third-order valence-corrected chi connectivity index (χ3v) is 6.04. The lowest BCUT2D eigenvalue weighted by Gasteiger charge is -2.07. The molecule has 0 atom stereocenters. The van der Waals surface area contributed by atoms with Crippen molar-refractivity contribution < 1.29 is 18.8 Å². The molecule has 0 saturated carbocycles. The van der Waals surface area contributed by atoms with Crippen LogP contribution in [0.5, 0.6) is 11.5 Å². The number of nitrogens with two attached hydrogens (primary N) is 1. The summed E-state index contributed by atoms with van der Waals surface area (Å²) >= 11 is 7.26. The Morgan fingerprint density at radius 3 is 2.79 bits per heavy atom. The van der Waals surface area contributed by atoms with Gasteiger partial charge in [-0.25, -0.2) is 4.68 Å². The highest BCUT2D eigenvalue weighted by Crippen LogP contribution is 2.37. The Morgan fingerprint density at radius 2 is 2.00 bits per heavy atom. The Morgan fingerprint density at radius 1 is 1.21 bits per heavy atom. The van der Waals surface area contributed by atoms with Gasteiger partial charge >= 0.3 is 0 Å². The first-order valence-corrected chi connectivity index (χ1v) is 11.8. The number of carbonyl (C=O) groups is 1. The number of carbonyl (C=O) groups excluding carboxylic acids is 1. The molecule has 34 heavy (non-hydrogen) atoms. The largest absolute Gasteiger partial charge is 0.454 e. The number of rotatable bonds is 7. The highest BCUT2D eigenvalue weighted by atomic mass is 35.5. The number of hydrogen-bond donors (Lipinski definition) is 2. The van der Waals surface area contributed by atoms with Crippen LogP contribution in [0.2, 0.25) is 5.02 Å². The number of thioether (sulfide) groups is 1. The maximum atomic E-state index is 12.5. The lowest BCUT2D eigenvalue weighted by molar-refractivity contribution is -0.122. The van der Waals surface area contributed by atoms with Crippen LogP contribution in [0.15, 0.2) is 52.0 Å². The Labute approximate surface area is 203 Å². The molecule has 0 radical (unpaired) electrons. The van der Waals surface area contributed by atoms with Crippen LogP contribution in [0.3, 0.4) is 0 Å². The number of ether oxygens (including phenoxy) is 2.